The number of alkyl halides is 3. The van der Waals surface area contributed by atoms with E-state index in [0.717, 1.165) is 0 Å². The molecule has 4 nitrogen and oxygen atoms in total. The maximum atomic E-state index is 12.8. The summed E-state index contributed by atoms with van der Waals surface area (Å²) in [6.07, 6.45) is -4.98. The van der Waals surface area contributed by atoms with Crippen LogP contribution < -0.4 is 5.32 Å². The van der Waals surface area contributed by atoms with Gasteiger partial charge in [0.25, 0.3) is 0 Å². The molecule has 0 atom stereocenters. The number of halogens is 4. The predicted octanol–water partition coefficient (Wildman–Crippen LogP) is 2.82. The molecule has 0 aliphatic heterocycles. The van der Waals surface area contributed by atoms with Gasteiger partial charge < -0.3 is 5.32 Å². The summed E-state index contributed by atoms with van der Waals surface area (Å²) in [7, 11) is 0. The largest absolute Gasteiger partial charge is 0.471 e. The smallest absolute Gasteiger partial charge is 0.301 e. The molecule has 20 heavy (non-hydrogen) atoms. The molecule has 0 aliphatic rings. The van der Waals surface area contributed by atoms with Crippen LogP contribution in [0.1, 0.15) is 5.69 Å². The van der Waals surface area contributed by atoms with Gasteiger partial charge in [0.1, 0.15) is 5.82 Å². The Morgan fingerprint density at radius 2 is 1.85 bits per heavy atom. The van der Waals surface area contributed by atoms with E-state index in [9.17, 15) is 22.4 Å². The SMILES string of the molecule is Cc1cc(NC(=O)C(F)(F)F)nn1-c1ccc(F)cc1. The van der Waals surface area contributed by atoms with E-state index in [0.29, 0.717) is 11.4 Å². The van der Waals surface area contributed by atoms with E-state index in [1.807, 2.05) is 0 Å². The molecule has 0 saturated heterocycles. The van der Waals surface area contributed by atoms with Crippen LogP contribution in [-0.4, -0.2) is 21.9 Å². The van der Waals surface area contributed by atoms with Crippen LogP contribution in [-0.2, 0) is 4.79 Å². The third kappa shape index (κ3) is 2.95. The monoisotopic (exact) mass is 287 g/mol. The van der Waals surface area contributed by atoms with Crippen molar-refractivity contribution in [2.45, 2.75) is 13.1 Å². The minimum Gasteiger partial charge on any atom is -0.301 e. The minimum absolute atomic E-state index is 0.228. The Hall–Kier alpha value is -2.38. The van der Waals surface area contributed by atoms with Gasteiger partial charge in [-0.3, -0.25) is 4.79 Å². The summed E-state index contributed by atoms with van der Waals surface area (Å²) in [5, 5.41) is 5.48. The fourth-order valence-electron chi connectivity index (χ4n) is 1.57. The molecule has 0 spiro atoms. The zero-order chi connectivity index (χ0) is 14.9. The number of hydrogen-bond donors (Lipinski definition) is 1. The van der Waals surface area contributed by atoms with Crippen molar-refractivity contribution < 1.29 is 22.4 Å². The number of hydrogen-bond acceptors (Lipinski definition) is 2. The van der Waals surface area contributed by atoms with Crippen LogP contribution in [0.2, 0.25) is 0 Å². The third-order valence-corrected chi connectivity index (χ3v) is 2.46. The number of nitrogens with one attached hydrogen (secondary N) is 1. The molecule has 0 radical (unpaired) electrons. The number of benzene rings is 1. The minimum atomic E-state index is -4.98. The molecule has 1 heterocycles. The first kappa shape index (κ1) is 14.0. The molecule has 1 amide bonds. The first-order valence-electron chi connectivity index (χ1n) is 5.48. The zero-order valence-electron chi connectivity index (χ0n) is 10.2. The normalized spacial score (nSPS) is 11.4. The summed E-state index contributed by atoms with van der Waals surface area (Å²) in [4.78, 5) is 10.8. The van der Waals surface area contributed by atoms with Crippen LogP contribution in [0.3, 0.4) is 0 Å². The van der Waals surface area contributed by atoms with E-state index in [-0.39, 0.29) is 5.82 Å². The van der Waals surface area contributed by atoms with Crippen molar-refractivity contribution in [3.63, 3.8) is 0 Å². The summed E-state index contributed by atoms with van der Waals surface area (Å²) in [6, 6.07) is 6.53. The van der Waals surface area contributed by atoms with Gasteiger partial charge in [-0.15, -0.1) is 5.10 Å². The van der Waals surface area contributed by atoms with Gasteiger partial charge in [0.2, 0.25) is 0 Å². The summed E-state index contributed by atoms with van der Waals surface area (Å²) in [6.45, 7) is 1.60. The van der Waals surface area contributed by atoms with Gasteiger partial charge in [-0.2, -0.15) is 13.2 Å². The quantitative estimate of drug-likeness (QED) is 0.863. The van der Waals surface area contributed by atoms with Crippen molar-refractivity contribution in [2.24, 2.45) is 0 Å². The topological polar surface area (TPSA) is 46.9 Å². The number of aromatic nitrogens is 2. The van der Waals surface area contributed by atoms with Crippen molar-refractivity contribution in [2.75, 3.05) is 5.32 Å². The maximum Gasteiger partial charge on any atom is 0.471 e. The van der Waals surface area contributed by atoms with Crippen LogP contribution in [0, 0.1) is 12.7 Å². The van der Waals surface area contributed by atoms with E-state index in [2.05, 4.69) is 5.10 Å². The standard InChI is InChI=1S/C12H9F4N3O/c1-7-6-10(17-11(20)12(14,15)16)18-19(7)9-4-2-8(13)3-5-9/h2-6H,1H3,(H,17,18,20). The van der Waals surface area contributed by atoms with Crippen LogP contribution >= 0.6 is 0 Å². The second-order valence-corrected chi connectivity index (χ2v) is 4.01. The predicted molar refractivity (Wildman–Crippen MR) is 62.9 cm³/mol. The number of rotatable bonds is 2. The van der Waals surface area contributed by atoms with Crippen molar-refractivity contribution in [1.82, 2.24) is 9.78 Å². The molecule has 1 aromatic heterocycles. The Morgan fingerprint density at radius 1 is 1.25 bits per heavy atom. The van der Waals surface area contributed by atoms with E-state index >= 15 is 0 Å². The highest BCUT2D eigenvalue weighted by molar-refractivity contribution is 5.94. The van der Waals surface area contributed by atoms with Gasteiger partial charge in [0.15, 0.2) is 5.82 Å². The van der Waals surface area contributed by atoms with Gasteiger partial charge in [-0.1, -0.05) is 0 Å². The van der Waals surface area contributed by atoms with Gasteiger partial charge >= 0.3 is 12.1 Å². The molecule has 0 saturated carbocycles. The van der Waals surface area contributed by atoms with Crippen molar-refractivity contribution in [3.05, 3.63) is 41.8 Å². The second kappa shape index (κ2) is 4.95. The van der Waals surface area contributed by atoms with E-state index < -0.39 is 17.9 Å². The lowest BCUT2D eigenvalue weighted by atomic mass is 10.3. The molecule has 0 aliphatic carbocycles. The third-order valence-electron chi connectivity index (χ3n) is 2.46. The lowest BCUT2D eigenvalue weighted by Crippen LogP contribution is -2.30. The van der Waals surface area contributed by atoms with Crippen LogP contribution in [0.4, 0.5) is 23.4 Å². The molecule has 0 bridgehead atoms. The fourth-order valence-corrected chi connectivity index (χ4v) is 1.57. The zero-order valence-corrected chi connectivity index (χ0v) is 10.2. The molecular weight excluding hydrogens is 278 g/mol. The number of carbonyl (C=O) groups excluding carboxylic acids is 1. The number of amides is 1. The van der Waals surface area contributed by atoms with Gasteiger partial charge in [0, 0.05) is 11.8 Å². The second-order valence-electron chi connectivity index (χ2n) is 4.01. The Kier molecular flexibility index (Phi) is 3.47. The molecule has 8 heteroatoms. The number of carbonyl (C=O) groups is 1. The summed E-state index contributed by atoms with van der Waals surface area (Å²) in [5.74, 6) is -2.76. The number of anilines is 1. The molecule has 0 unspecified atom stereocenters. The molecular formula is C12H9F4N3O. The van der Waals surface area contributed by atoms with Crippen LogP contribution in [0.15, 0.2) is 30.3 Å². The van der Waals surface area contributed by atoms with Crippen LogP contribution in [0.5, 0.6) is 0 Å². The van der Waals surface area contributed by atoms with Gasteiger partial charge in [0.05, 0.1) is 5.69 Å². The Morgan fingerprint density at radius 3 is 2.40 bits per heavy atom. The maximum absolute atomic E-state index is 12.8. The average Bonchev–Trinajstić information content (AvgIpc) is 2.70. The van der Waals surface area contributed by atoms with E-state index in [4.69, 9.17) is 0 Å². The van der Waals surface area contributed by atoms with Crippen molar-refractivity contribution in [3.8, 4) is 5.69 Å². The Bertz CT molecular complexity index is 631. The average molecular weight is 287 g/mol. The summed E-state index contributed by atoms with van der Waals surface area (Å²) < 4.78 is 50.5. The van der Waals surface area contributed by atoms with Crippen molar-refractivity contribution in [1.29, 1.82) is 0 Å². The van der Waals surface area contributed by atoms with Gasteiger partial charge in [-0.05, 0) is 31.2 Å². The molecule has 2 aromatic rings. The fraction of sp³-hybridized carbons (Fsp3) is 0.167. The van der Waals surface area contributed by atoms with Crippen molar-refractivity contribution >= 4 is 11.7 Å². The summed E-state index contributed by atoms with van der Waals surface area (Å²) in [5.41, 5.74) is 0.963. The highest BCUT2D eigenvalue weighted by Crippen LogP contribution is 2.19. The van der Waals surface area contributed by atoms with E-state index in [1.54, 1.807) is 12.2 Å². The summed E-state index contributed by atoms with van der Waals surface area (Å²) >= 11 is 0. The number of nitrogens with zero attached hydrogens (tertiary/aromatic N) is 2. The molecule has 1 N–H and O–H groups in total. The molecule has 0 fully saturated rings. The molecule has 2 rings (SSSR count). The first-order chi connectivity index (χ1) is 9.27. The highest BCUT2D eigenvalue weighted by atomic mass is 19.4. The highest BCUT2D eigenvalue weighted by Gasteiger charge is 2.39. The van der Waals surface area contributed by atoms with Crippen LogP contribution in [0.25, 0.3) is 5.69 Å². The molecule has 106 valence electrons. The number of aryl methyl sites for hydroxylation is 1. The first-order valence-corrected chi connectivity index (χ1v) is 5.48. The Labute approximate surface area is 111 Å². The van der Waals surface area contributed by atoms with Gasteiger partial charge in [-0.25, -0.2) is 9.07 Å². The molecule has 1 aromatic carbocycles. The van der Waals surface area contributed by atoms with E-state index in [1.165, 1.54) is 35.0 Å². The lowest BCUT2D eigenvalue weighted by molar-refractivity contribution is -0.167. The Balaban J connectivity index is 2.26. The lowest BCUT2D eigenvalue weighted by Gasteiger charge is -2.05.